The van der Waals surface area contributed by atoms with Gasteiger partial charge in [-0.2, -0.15) is 11.8 Å². The van der Waals surface area contributed by atoms with Crippen molar-refractivity contribution in [1.29, 1.82) is 0 Å². The third-order valence-electron chi connectivity index (χ3n) is 5.43. The average Bonchev–Trinajstić information content (AvgIpc) is 2.97. The Labute approximate surface area is 133 Å². The van der Waals surface area contributed by atoms with E-state index >= 15 is 0 Å². The first-order valence-electron chi connectivity index (χ1n) is 8.90. The summed E-state index contributed by atoms with van der Waals surface area (Å²) in [6.07, 6.45) is 9.33. The van der Waals surface area contributed by atoms with E-state index < -0.39 is 0 Å². The monoisotopic (exact) mass is 313 g/mol. The molecule has 21 heavy (non-hydrogen) atoms. The predicted octanol–water partition coefficient (Wildman–Crippen LogP) is 3.23. The smallest absolute Gasteiger partial charge is 0.0821 e. The van der Waals surface area contributed by atoms with Gasteiger partial charge >= 0.3 is 0 Å². The average molecular weight is 314 g/mol. The molecule has 0 amide bonds. The third-order valence-corrected chi connectivity index (χ3v) is 6.45. The Morgan fingerprint density at radius 1 is 1.29 bits per heavy atom. The maximum atomic E-state index is 6.22. The highest BCUT2D eigenvalue weighted by atomic mass is 32.2. The maximum Gasteiger partial charge on any atom is 0.0821 e. The summed E-state index contributed by atoms with van der Waals surface area (Å²) in [5.74, 6) is 3.05. The zero-order valence-electron chi connectivity index (χ0n) is 13.4. The normalized spacial score (nSPS) is 34.1. The van der Waals surface area contributed by atoms with Crippen LogP contribution in [0.5, 0.6) is 0 Å². The van der Waals surface area contributed by atoms with E-state index in [0.29, 0.717) is 12.1 Å². The molecule has 3 fully saturated rings. The van der Waals surface area contributed by atoms with E-state index in [4.69, 9.17) is 9.47 Å². The molecular formula is C17H31NO2S. The van der Waals surface area contributed by atoms with Crippen LogP contribution in [0.25, 0.3) is 0 Å². The Hall–Kier alpha value is 0.230. The summed E-state index contributed by atoms with van der Waals surface area (Å²) in [7, 11) is 0. The molecule has 3 rings (SSSR count). The van der Waals surface area contributed by atoms with E-state index in [1.165, 1.54) is 44.9 Å². The van der Waals surface area contributed by atoms with Crippen LogP contribution in [0.4, 0.5) is 0 Å². The van der Waals surface area contributed by atoms with Gasteiger partial charge in [-0.1, -0.05) is 19.8 Å². The Morgan fingerprint density at radius 2 is 2.14 bits per heavy atom. The van der Waals surface area contributed by atoms with E-state index in [-0.39, 0.29) is 5.60 Å². The fourth-order valence-electron chi connectivity index (χ4n) is 4.37. The lowest BCUT2D eigenvalue weighted by Crippen LogP contribution is -2.53. The summed E-state index contributed by atoms with van der Waals surface area (Å²) in [5, 5.41) is 3.82. The number of rotatable bonds is 5. The summed E-state index contributed by atoms with van der Waals surface area (Å²) < 4.78 is 12.3. The van der Waals surface area contributed by atoms with Crippen molar-refractivity contribution in [2.24, 2.45) is 5.92 Å². The van der Waals surface area contributed by atoms with Gasteiger partial charge in [-0.05, 0) is 44.6 Å². The van der Waals surface area contributed by atoms with Crippen molar-refractivity contribution < 1.29 is 9.47 Å². The summed E-state index contributed by atoms with van der Waals surface area (Å²) in [4.78, 5) is 0. The molecule has 1 saturated carbocycles. The van der Waals surface area contributed by atoms with Crippen LogP contribution in [-0.2, 0) is 9.47 Å². The van der Waals surface area contributed by atoms with E-state index in [0.717, 1.165) is 37.2 Å². The first-order chi connectivity index (χ1) is 10.3. The van der Waals surface area contributed by atoms with Crippen LogP contribution in [0.1, 0.15) is 51.9 Å². The highest BCUT2D eigenvalue weighted by Crippen LogP contribution is 2.43. The molecule has 2 heterocycles. The van der Waals surface area contributed by atoms with Gasteiger partial charge in [-0.3, -0.25) is 0 Å². The molecular weight excluding hydrogens is 282 g/mol. The van der Waals surface area contributed by atoms with Crippen LogP contribution >= 0.6 is 11.8 Å². The molecule has 3 unspecified atom stereocenters. The van der Waals surface area contributed by atoms with Crippen molar-refractivity contribution in [3.63, 3.8) is 0 Å². The Bertz CT molecular complexity index is 314. The maximum absolute atomic E-state index is 6.22. The molecule has 2 aliphatic heterocycles. The van der Waals surface area contributed by atoms with E-state index in [2.05, 4.69) is 24.0 Å². The second-order valence-electron chi connectivity index (χ2n) is 6.96. The van der Waals surface area contributed by atoms with Gasteiger partial charge in [0.2, 0.25) is 0 Å². The zero-order chi connectivity index (χ0) is 14.5. The van der Waals surface area contributed by atoms with Crippen molar-refractivity contribution >= 4 is 11.8 Å². The van der Waals surface area contributed by atoms with Gasteiger partial charge in [-0.25, -0.2) is 0 Å². The van der Waals surface area contributed by atoms with Crippen molar-refractivity contribution in [2.75, 3.05) is 31.3 Å². The van der Waals surface area contributed by atoms with Gasteiger partial charge in [0.25, 0.3) is 0 Å². The van der Waals surface area contributed by atoms with Crippen LogP contribution in [0, 0.1) is 5.92 Å². The fraction of sp³-hybridized carbons (Fsp3) is 1.00. The molecule has 1 N–H and O–H groups in total. The quantitative estimate of drug-likeness (QED) is 0.844. The van der Waals surface area contributed by atoms with Crippen LogP contribution in [0.3, 0.4) is 0 Å². The molecule has 3 atom stereocenters. The van der Waals surface area contributed by atoms with E-state index in [1.807, 2.05) is 0 Å². The lowest BCUT2D eigenvalue weighted by Gasteiger charge is -2.44. The summed E-state index contributed by atoms with van der Waals surface area (Å²) in [5.41, 5.74) is 0.219. The summed E-state index contributed by atoms with van der Waals surface area (Å²) in [6.45, 7) is 5.24. The van der Waals surface area contributed by atoms with Crippen LogP contribution in [-0.4, -0.2) is 49.0 Å². The lowest BCUT2D eigenvalue weighted by molar-refractivity contribution is -0.107. The fourth-order valence-corrected chi connectivity index (χ4v) is 5.28. The summed E-state index contributed by atoms with van der Waals surface area (Å²) in [6, 6.07) is 0.527. The Kier molecular flexibility index (Phi) is 5.88. The summed E-state index contributed by atoms with van der Waals surface area (Å²) >= 11 is 2.06. The van der Waals surface area contributed by atoms with E-state index in [1.54, 1.807) is 0 Å². The Morgan fingerprint density at radius 3 is 2.86 bits per heavy atom. The third kappa shape index (κ3) is 3.95. The van der Waals surface area contributed by atoms with Crippen molar-refractivity contribution in [3.05, 3.63) is 0 Å². The molecule has 1 spiro atoms. The number of ether oxygens (including phenoxy) is 2. The molecule has 2 saturated heterocycles. The standard InChI is InChI=1S/C17H31NO2S/c1-2-8-18-16(15-13-21-11-10-19-15)14-5-9-20-17(12-14)6-3-4-7-17/h14-16,18H,2-13H2,1H3. The van der Waals surface area contributed by atoms with Gasteiger partial charge < -0.3 is 14.8 Å². The predicted molar refractivity (Wildman–Crippen MR) is 89.0 cm³/mol. The minimum absolute atomic E-state index is 0.219. The number of hydrogen-bond donors (Lipinski definition) is 1. The molecule has 1 aliphatic carbocycles. The van der Waals surface area contributed by atoms with Crippen molar-refractivity contribution in [3.8, 4) is 0 Å². The first kappa shape index (κ1) is 16.1. The largest absolute Gasteiger partial charge is 0.375 e. The van der Waals surface area contributed by atoms with E-state index in [9.17, 15) is 0 Å². The molecule has 0 radical (unpaired) electrons. The minimum Gasteiger partial charge on any atom is -0.375 e. The highest BCUT2D eigenvalue weighted by molar-refractivity contribution is 7.99. The molecule has 0 bridgehead atoms. The number of hydrogen-bond acceptors (Lipinski definition) is 4. The number of nitrogens with one attached hydrogen (secondary N) is 1. The van der Waals surface area contributed by atoms with Crippen LogP contribution < -0.4 is 5.32 Å². The molecule has 0 aromatic rings. The molecule has 122 valence electrons. The molecule has 3 aliphatic rings. The van der Waals surface area contributed by atoms with Gasteiger partial charge in [0.05, 0.1) is 18.3 Å². The zero-order valence-corrected chi connectivity index (χ0v) is 14.3. The lowest BCUT2D eigenvalue weighted by atomic mass is 9.79. The Balaban J connectivity index is 1.65. The van der Waals surface area contributed by atoms with Crippen LogP contribution in [0.15, 0.2) is 0 Å². The topological polar surface area (TPSA) is 30.5 Å². The highest BCUT2D eigenvalue weighted by Gasteiger charge is 2.43. The molecule has 3 nitrogen and oxygen atoms in total. The van der Waals surface area contributed by atoms with Crippen molar-refractivity contribution in [2.45, 2.75) is 69.6 Å². The number of thioether (sulfide) groups is 1. The van der Waals surface area contributed by atoms with Gasteiger partial charge in [0, 0.05) is 24.2 Å². The van der Waals surface area contributed by atoms with Gasteiger partial charge in [0.1, 0.15) is 0 Å². The second-order valence-corrected chi connectivity index (χ2v) is 8.11. The van der Waals surface area contributed by atoms with Crippen molar-refractivity contribution in [1.82, 2.24) is 5.32 Å². The SMILES string of the molecule is CCCNC(C1CCOC2(CCCC2)C1)C1CSCCO1. The van der Waals surface area contributed by atoms with Gasteiger partial charge in [0.15, 0.2) is 0 Å². The molecule has 4 heteroatoms. The van der Waals surface area contributed by atoms with Crippen LogP contribution in [0.2, 0.25) is 0 Å². The first-order valence-corrected chi connectivity index (χ1v) is 10.1. The minimum atomic E-state index is 0.219. The molecule has 0 aromatic carbocycles. The van der Waals surface area contributed by atoms with Gasteiger partial charge in [-0.15, -0.1) is 0 Å². The molecule has 0 aromatic heterocycles. The second kappa shape index (κ2) is 7.67.